The van der Waals surface area contributed by atoms with Crippen LogP contribution < -0.4 is 15.4 Å². The third kappa shape index (κ3) is 5.50. The Morgan fingerprint density at radius 1 is 0.806 bits per heavy atom. The number of carbonyl (C=O) groups is 1. The molecule has 0 fully saturated rings. The zero-order valence-electron chi connectivity index (χ0n) is 17.6. The summed E-state index contributed by atoms with van der Waals surface area (Å²) in [6, 6.07) is 30.2. The summed E-state index contributed by atoms with van der Waals surface area (Å²) in [4.78, 5) is 12.4. The fourth-order valence-corrected chi connectivity index (χ4v) is 3.54. The highest BCUT2D eigenvalue weighted by Gasteiger charge is 2.11. The summed E-state index contributed by atoms with van der Waals surface area (Å²) in [7, 11) is 0. The van der Waals surface area contributed by atoms with Crippen LogP contribution in [0.4, 0.5) is 5.69 Å². The van der Waals surface area contributed by atoms with Crippen molar-refractivity contribution in [1.82, 2.24) is 5.32 Å². The molecule has 156 valence electrons. The lowest BCUT2D eigenvalue weighted by Crippen LogP contribution is -2.21. The molecule has 4 heteroatoms. The molecule has 0 saturated heterocycles. The number of fused-ring (bicyclic) bond motifs is 1. The fourth-order valence-electron chi connectivity index (χ4n) is 3.54. The number of ether oxygens (including phenoxy) is 1. The first-order valence-corrected chi connectivity index (χ1v) is 10.4. The molecule has 0 aliphatic carbocycles. The van der Waals surface area contributed by atoms with Crippen LogP contribution in [0.2, 0.25) is 0 Å². The Bertz CT molecular complexity index is 1150. The topological polar surface area (TPSA) is 50.4 Å². The molecular formula is C27H26N2O2. The lowest BCUT2D eigenvalue weighted by molar-refractivity contribution is -0.118. The van der Waals surface area contributed by atoms with E-state index < -0.39 is 0 Å². The highest BCUT2D eigenvalue weighted by molar-refractivity contribution is 5.92. The summed E-state index contributed by atoms with van der Waals surface area (Å²) in [6.45, 7) is 3.38. The molecule has 0 atom stereocenters. The minimum atomic E-state index is -0.180. The van der Waals surface area contributed by atoms with Gasteiger partial charge in [-0.15, -0.1) is 0 Å². The van der Waals surface area contributed by atoms with Gasteiger partial charge in [-0.1, -0.05) is 78.4 Å². The molecule has 4 aromatic carbocycles. The number of nitrogens with one attached hydrogen (secondary N) is 2. The van der Waals surface area contributed by atoms with Crippen molar-refractivity contribution in [3.63, 3.8) is 0 Å². The van der Waals surface area contributed by atoms with Crippen LogP contribution in [0.15, 0.2) is 91.0 Å². The molecule has 0 aliphatic rings. The van der Waals surface area contributed by atoms with Crippen LogP contribution in [-0.4, -0.2) is 12.5 Å². The molecule has 0 aliphatic heterocycles. The summed E-state index contributed by atoms with van der Waals surface area (Å²) < 4.78 is 5.95. The molecule has 0 unspecified atom stereocenters. The monoisotopic (exact) mass is 410 g/mol. The Hall–Kier alpha value is -3.63. The van der Waals surface area contributed by atoms with E-state index in [9.17, 15) is 4.79 Å². The number of anilines is 1. The molecule has 2 N–H and O–H groups in total. The van der Waals surface area contributed by atoms with Crippen molar-refractivity contribution in [2.45, 2.75) is 20.0 Å². The van der Waals surface area contributed by atoms with Gasteiger partial charge in [0, 0.05) is 24.3 Å². The van der Waals surface area contributed by atoms with Crippen molar-refractivity contribution in [2.24, 2.45) is 0 Å². The molecule has 0 bridgehead atoms. The molecule has 0 aromatic heterocycles. The number of rotatable bonds is 8. The van der Waals surface area contributed by atoms with Crippen LogP contribution in [0, 0.1) is 6.92 Å². The standard InChI is InChI=1S/C27H26N2O2/c1-20-11-14-23(15-12-20)29-27(30)19-31-26-16-13-22-9-5-6-10-24(22)25(26)18-28-17-21-7-3-2-4-8-21/h2-16,28H,17-19H2,1H3,(H,29,30). The van der Waals surface area contributed by atoms with E-state index in [1.807, 2.05) is 73.7 Å². The quantitative estimate of drug-likeness (QED) is 0.406. The van der Waals surface area contributed by atoms with E-state index in [0.717, 1.165) is 39.9 Å². The van der Waals surface area contributed by atoms with Crippen molar-refractivity contribution in [1.29, 1.82) is 0 Å². The average molecular weight is 411 g/mol. The first kappa shape index (κ1) is 20.6. The van der Waals surface area contributed by atoms with Gasteiger partial charge in [0.1, 0.15) is 5.75 Å². The lowest BCUT2D eigenvalue weighted by Gasteiger charge is -2.15. The molecule has 0 heterocycles. The van der Waals surface area contributed by atoms with Gasteiger partial charge in [-0.05, 0) is 41.5 Å². The number of amides is 1. The van der Waals surface area contributed by atoms with E-state index in [1.165, 1.54) is 5.56 Å². The van der Waals surface area contributed by atoms with Crippen molar-refractivity contribution in [3.05, 3.63) is 108 Å². The van der Waals surface area contributed by atoms with Crippen LogP contribution >= 0.6 is 0 Å². The first-order chi connectivity index (χ1) is 15.2. The smallest absolute Gasteiger partial charge is 0.262 e. The molecular weight excluding hydrogens is 384 g/mol. The molecule has 4 aromatic rings. The van der Waals surface area contributed by atoms with Crippen molar-refractivity contribution >= 4 is 22.4 Å². The summed E-state index contributed by atoms with van der Waals surface area (Å²) in [5.74, 6) is 0.540. The highest BCUT2D eigenvalue weighted by atomic mass is 16.5. The van der Waals surface area contributed by atoms with Gasteiger partial charge in [0.2, 0.25) is 0 Å². The Morgan fingerprint density at radius 2 is 1.55 bits per heavy atom. The predicted molar refractivity (Wildman–Crippen MR) is 126 cm³/mol. The third-order valence-corrected chi connectivity index (χ3v) is 5.17. The molecule has 4 nitrogen and oxygen atoms in total. The Kier molecular flexibility index (Phi) is 6.60. The van der Waals surface area contributed by atoms with E-state index in [-0.39, 0.29) is 12.5 Å². The molecule has 31 heavy (non-hydrogen) atoms. The van der Waals surface area contributed by atoms with Gasteiger partial charge in [-0.3, -0.25) is 4.79 Å². The van der Waals surface area contributed by atoms with Crippen molar-refractivity contribution < 1.29 is 9.53 Å². The Labute approximate surface area is 182 Å². The zero-order valence-corrected chi connectivity index (χ0v) is 17.6. The van der Waals surface area contributed by atoms with Gasteiger partial charge < -0.3 is 15.4 Å². The predicted octanol–water partition coefficient (Wildman–Crippen LogP) is 5.46. The molecule has 1 amide bonds. The van der Waals surface area contributed by atoms with Gasteiger partial charge in [0.05, 0.1) is 0 Å². The maximum Gasteiger partial charge on any atom is 0.262 e. The SMILES string of the molecule is Cc1ccc(NC(=O)COc2ccc3ccccc3c2CNCc2ccccc2)cc1. The lowest BCUT2D eigenvalue weighted by atomic mass is 10.0. The number of hydrogen-bond acceptors (Lipinski definition) is 3. The first-order valence-electron chi connectivity index (χ1n) is 10.4. The van der Waals surface area contributed by atoms with Crippen LogP contribution in [0.5, 0.6) is 5.75 Å². The zero-order chi connectivity index (χ0) is 21.5. The largest absolute Gasteiger partial charge is 0.483 e. The normalized spacial score (nSPS) is 10.7. The van der Waals surface area contributed by atoms with E-state index in [1.54, 1.807) is 0 Å². The Morgan fingerprint density at radius 3 is 2.35 bits per heavy atom. The third-order valence-electron chi connectivity index (χ3n) is 5.17. The average Bonchev–Trinajstić information content (AvgIpc) is 2.80. The second-order valence-electron chi connectivity index (χ2n) is 7.56. The minimum absolute atomic E-state index is 0.0437. The van der Waals surface area contributed by atoms with Crippen molar-refractivity contribution in [3.8, 4) is 5.75 Å². The molecule has 4 rings (SSSR count). The van der Waals surface area contributed by atoms with Gasteiger partial charge in [-0.25, -0.2) is 0 Å². The number of carbonyl (C=O) groups excluding carboxylic acids is 1. The van der Waals surface area contributed by atoms with Gasteiger partial charge in [0.25, 0.3) is 5.91 Å². The highest BCUT2D eigenvalue weighted by Crippen LogP contribution is 2.28. The second kappa shape index (κ2) is 9.92. The maximum absolute atomic E-state index is 12.4. The minimum Gasteiger partial charge on any atom is -0.483 e. The summed E-state index contributed by atoms with van der Waals surface area (Å²) >= 11 is 0. The molecule has 0 spiro atoms. The second-order valence-corrected chi connectivity index (χ2v) is 7.56. The van der Waals surface area contributed by atoms with Crippen LogP contribution in [-0.2, 0) is 17.9 Å². The van der Waals surface area contributed by atoms with Gasteiger partial charge >= 0.3 is 0 Å². The van der Waals surface area contributed by atoms with E-state index in [2.05, 4.69) is 34.9 Å². The summed E-state index contributed by atoms with van der Waals surface area (Å²) in [5, 5.41) is 8.66. The number of aryl methyl sites for hydroxylation is 1. The van der Waals surface area contributed by atoms with Crippen LogP contribution in [0.25, 0.3) is 10.8 Å². The van der Waals surface area contributed by atoms with E-state index >= 15 is 0 Å². The van der Waals surface area contributed by atoms with Crippen LogP contribution in [0.3, 0.4) is 0 Å². The van der Waals surface area contributed by atoms with Gasteiger partial charge in [-0.2, -0.15) is 0 Å². The maximum atomic E-state index is 12.4. The fraction of sp³-hybridized carbons (Fsp3) is 0.148. The van der Waals surface area contributed by atoms with Crippen molar-refractivity contribution in [2.75, 3.05) is 11.9 Å². The van der Waals surface area contributed by atoms with Crippen LogP contribution in [0.1, 0.15) is 16.7 Å². The van der Waals surface area contributed by atoms with Gasteiger partial charge in [0.15, 0.2) is 6.61 Å². The van der Waals surface area contributed by atoms with E-state index in [4.69, 9.17) is 4.74 Å². The number of benzene rings is 4. The Balaban J connectivity index is 1.46. The number of hydrogen-bond donors (Lipinski definition) is 2. The molecule has 0 saturated carbocycles. The van der Waals surface area contributed by atoms with E-state index in [0.29, 0.717) is 6.54 Å². The molecule has 0 radical (unpaired) electrons. The summed E-state index contributed by atoms with van der Waals surface area (Å²) in [6.07, 6.45) is 0. The summed E-state index contributed by atoms with van der Waals surface area (Å²) in [5.41, 5.74) is 4.19.